The average Bonchev–Trinajstić information content (AvgIpc) is 2.69. The summed E-state index contributed by atoms with van der Waals surface area (Å²) in [6.45, 7) is 9.09. The first kappa shape index (κ1) is 17.7. The molecule has 116 valence electrons. The third-order valence-electron chi connectivity index (χ3n) is 3.63. The first-order chi connectivity index (χ1) is 9.10. The molecule has 0 aliphatic rings. The topological polar surface area (TPSA) is 71.3 Å². The van der Waals surface area contributed by atoms with Gasteiger partial charge in [0.25, 0.3) is 0 Å². The van der Waals surface area contributed by atoms with Gasteiger partial charge in [-0.2, -0.15) is 0 Å². The van der Waals surface area contributed by atoms with Crippen molar-refractivity contribution in [1.29, 1.82) is 0 Å². The summed E-state index contributed by atoms with van der Waals surface area (Å²) in [7, 11) is -1.80. The second-order valence-electron chi connectivity index (χ2n) is 5.85. The molecule has 0 bridgehead atoms. The number of nitrogens with one attached hydrogen (secondary N) is 2. The largest absolute Gasteiger partial charge is 0.452 e. The molecule has 1 heterocycles. The van der Waals surface area contributed by atoms with Crippen molar-refractivity contribution in [3.63, 3.8) is 0 Å². The molecule has 1 aromatic heterocycles. The van der Waals surface area contributed by atoms with Gasteiger partial charge in [0.1, 0.15) is 10.7 Å². The Morgan fingerprint density at radius 3 is 2.50 bits per heavy atom. The van der Waals surface area contributed by atoms with Gasteiger partial charge < -0.3 is 9.73 Å². The highest BCUT2D eigenvalue weighted by Gasteiger charge is 2.27. The van der Waals surface area contributed by atoms with E-state index in [9.17, 15) is 8.42 Å². The maximum Gasteiger partial charge on any atom is 0.244 e. The van der Waals surface area contributed by atoms with Crippen LogP contribution in [0.4, 0.5) is 0 Å². The Labute approximate surface area is 129 Å². The van der Waals surface area contributed by atoms with Crippen LogP contribution in [0.1, 0.15) is 33.5 Å². The highest BCUT2D eigenvalue weighted by atomic mass is 79.9. The first-order valence-electron chi connectivity index (χ1n) is 6.52. The van der Waals surface area contributed by atoms with Crippen molar-refractivity contribution in [2.45, 2.75) is 39.1 Å². The number of hydrogen-bond donors (Lipinski definition) is 2. The smallest absolute Gasteiger partial charge is 0.244 e. The van der Waals surface area contributed by atoms with Crippen LogP contribution >= 0.6 is 15.9 Å². The van der Waals surface area contributed by atoms with Crippen molar-refractivity contribution in [1.82, 2.24) is 10.0 Å². The number of sulfonamides is 1. The lowest BCUT2D eigenvalue weighted by Gasteiger charge is -2.29. The SMILES string of the molecule is CNCc1cc(S(=O)(=O)NCC(C)(C)C(C)C)c(Br)o1. The maximum absolute atomic E-state index is 12.3. The summed E-state index contributed by atoms with van der Waals surface area (Å²) < 4.78 is 32.9. The van der Waals surface area contributed by atoms with Gasteiger partial charge in [-0.25, -0.2) is 13.1 Å². The van der Waals surface area contributed by atoms with E-state index in [4.69, 9.17) is 4.42 Å². The molecule has 2 N–H and O–H groups in total. The fraction of sp³-hybridized carbons (Fsp3) is 0.692. The fourth-order valence-electron chi connectivity index (χ4n) is 1.41. The van der Waals surface area contributed by atoms with Crippen molar-refractivity contribution < 1.29 is 12.8 Å². The highest BCUT2D eigenvalue weighted by Crippen LogP contribution is 2.28. The van der Waals surface area contributed by atoms with Gasteiger partial charge in [-0.15, -0.1) is 0 Å². The van der Waals surface area contributed by atoms with Gasteiger partial charge in [0, 0.05) is 12.6 Å². The summed E-state index contributed by atoms with van der Waals surface area (Å²) in [5, 5.41) is 2.92. The number of furan rings is 1. The summed E-state index contributed by atoms with van der Waals surface area (Å²) >= 11 is 3.16. The molecule has 20 heavy (non-hydrogen) atoms. The molecule has 0 aromatic carbocycles. The van der Waals surface area contributed by atoms with Gasteiger partial charge in [-0.05, 0) is 34.3 Å². The van der Waals surface area contributed by atoms with Crippen LogP contribution in [0.3, 0.4) is 0 Å². The van der Waals surface area contributed by atoms with Gasteiger partial charge in [-0.1, -0.05) is 27.7 Å². The minimum absolute atomic E-state index is 0.114. The third-order valence-corrected chi connectivity index (χ3v) is 5.89. The summed E-state index contributed by atoms with van der Waals surface area (Å²) in [5.74, 6) is 0.945. The highest BCUT2D eigenvalue weighted by molar-refractivity contribution is 9.10. The minimum Gasteiger partial charge on any atom is -0.452 e. The molecule has 7 heteroatoms. The molecule has 0 unspecified atom stereocenters. The van der Waals surface area contributed by atoms with E-state index in [0.29, 0.717) is 24.8 Å². The van der Waals surface area contributed by atoms with Crippen LogP contribution in [0.5, 0.6) is 0 Å². The van der Waals surface area contributed by atoms with E-state index in [1.165, 1.54) is 6.07 Å². The van der Waals surface area contributed by atoms with E-state index in [2.05, 4.69) is 39.8 Å². The van der Waals surface area contributed by atoms with Crippen LogP contribution in [0.25, 0.3) is 0 Å². The van der Waals surface area contributed by atoms with Crippen LogP contribution in [-0.4, -0.2) is 22.0 Å². The van der Waals surface area contributed by atoms with E-state index < -0.39 is 10.0 Å². The Balaban J connectivity index is 2.89. The third kappa shape index (κ3) is 4.31. The Kier molecular flexibility index (Phi) is 5.83. The zero-order valence-corrected chi connectivity index (χ0v) is 15.0. The monoisotopic (exact) mass is 366 g/mol. The lowest BCUT2D eigenvalue weighted by Crippen LogP contribution is -2.36. The average molecular weight is 367 g/mol. The fourth-order valence-corrected chi connectivity index (χ4v) is 3.62. The minimum atomic E-state index is -3.57. The normalized spacial score (nSPS) is 13.2. The Hall–Kier alpha value is -0.370. The molecule has 1 rings (SSSR count). The lowest BCUT2D eigenvalue weighted by atomic mass is 9.81. The second kappa shape index (κ2) is 6.60. The standard InChI is InChI=1S/C13H23BrN2O3S/c1-9(2)13(3,4)8-16-20(17,18)11-6-10(7-15-5)19-12(11)14/h6,9,15-16H,7-8H2,1-5H3. The molecular formula is C13H23BrN2O3S. The van der Waals surface area contributed by atoms with Crippen molar-refractivity contribution in [3.05, 3.63) is 16.5 Å². The predicted octanol–water partition coefficient (Wildman–Crippen LogP) is 2.72. The van der Waals surface area contributed by atoms with Gasteiger partial charge in [0.2, 0.25) is 10.0 Å². The molecule has 0 fully saturated rings. The molecule has 0 saturated heterocycles. The van der Waals surface area contributed by atoms with Crippen LogP contribution < -0.4 is 10.0 Å². The zero-order valence-electron chi connectivity index (χ0n) is 12.6. The van der Waals surface area contributed by atoms with E-state index in [-0.39, 0.29) is 15.0 Å². The number of hydrogen-bond acceptors (Lipinski definition) is 4. The number of halogens is 1. The van der Waals surface area contributed by atoms with Crippen LogP contribution in [0, 0.1) is 11.3 Å². The molecule has 0 saturated carbocycles. The molecule has 0 atom stereocenters. The van der Waals surface area contributed by atoms with Crippen molar-refractivity contribution in [2.75, 3.05) is 13.6 Å². The summed E-state index contributed by atoms with van der Waals surface area (Å²) in [6.07, 6.45) is 0. The summed E-state index contributed by atoms with van der Waals surface area (Å²) in [6, 6.07) is 1.53. The van der Waals surface area contributed by atoms with Gasteiger partial charge in [0.05, 0.1) is 6.54 Å². The molecule has 0 radical (unpaired) electrons. The Morgan fingerprint density at radius 1 is 1.40 bits per heavy atom. The molecule has 0 spiro atoms. The zero-order chi connectivity index (χ0) is 15.6. The maximum atomic E-state index is 12.3. The molecular weight excluding hydrogens is 344 g/mol. The molecule has 0 amide bonds. The second-order valence-corrected chi connectivity index (χ2v) is 8.30. The van der Waals surface area contributed by atoms with Gasteiger partial charge in [-0.3, -0.25) is 0 Å². The van der Waals surface area contributed by atoms with Crippen LogP contribution in [0.2, 0.25) is 0 Å². The van der Waals surface area contributed by atoms with E-state index in [1.54, 1.807) is 7.05 Å². The number of rotatable bonds is 7. The van der Waals surface area contributed by atoms with E-state index >= 15 is 0 Å². The quantitative estimate of drug-likeness (QED) is 0.777. The molecule has 1 aromatic rings. The Morgan fingerprint density at radius 2 is 2.00 bits per heavy atom. The summed E-state index contributed by atoms with van der Waals surface area (Å²) in [4.78, 5) is 0.141. The Bertz CT molecular complexity index is 550. The van der Waals surface area contributed by atoms with Crippen LogP contribution in [0.15, 0.2) is 20.0 Å². The predicted molar refractivity (Wildman–Crippen MR) is 83.0 cm³/mol. The van der Waals surface area contributed by atoms with E-state index in [0.717, 1.165) is 0 Å². The van der Waals surface area contributed by atoms with E-state index in [1.807, 2.05) is 13.8 Å². The van der Waals surface area contributed by atoms with Crippen LogP contribution in [-0.2, 0) is 16.6 Å². The molecule has 5 nitrogen and oxygen atoms in total. The first-order valence-corrected chi connectivity index (χ1v) is 8.80. The summed E-state index contributed by atoms with van der Waals surface area (Å²) in [5.41, 5.74) is -0.114. The molecule has 0 aliphatic heterocycles. The van der Waals surface area contributed by atoms with Gasteiger partial charge in [0.15, 0.2) is 4.67 Å². The van der Waals surface area contributed by atoms with Crippen molar-refractivity contribution in [2.24, 2.45) is 11.3 Å². The van der Waals surface area contributed by atoms with Crippen molar-refractivity contribution in [3.8, 4) is 0 Å². The van der Waals surface area contributed by atoms with Crippen molar-refractivity contribution >= 4 is 26.0 Å². The van der Waals surface area contributed by atoms with Gasteiger partial charge >= 0.3 is 0 Å². The lowest BCUT2D eigenvalue weighted by molar-refractivity contribution is 0.252. The molecule has 0 aliphatic carbocycles.